The number of nitrogens with zero attached hydrogens (tertiary/aromatic N) is 7. The second-order valence-electron chi connectivity index (χ2n) is 10.0. The summed E-state index contributed by atoms with van der Waals surface area (Å²) in [5.74, 6) is 0.120. The van der Waals surface area contributed by atoms with Gasteiger partial charge in [-0.2, -0.15) is 13.2 Å². The SMILES string of the molecule is COc1ncc(-c2cnc(NC(=O)OC3CCC(Nc4ncc(C(F)(F)F)c(-c5cncc(S(C)(=O)=O)c5)n4)CC3)cn2)cn1. The van der Waals surface area contributed by atoms with Crippen LogP contribution in [0, 0.1) is 0 Å². The van der Waals surface area contributed by atoms with Crippen LogP contribution in [-0.4, -0.2) is 74.9 Å². The number of anilines is 2. The van der Waals surface area contributed by atoms with Crippen LogP contribution in [0.2, 0.25) is 0 Å². The van der Waals surface area contributed by atoms with E-state index in [0.717, 1.165) is 24.7 Å². The average Bonchev–Trinajstić information content (AvgIpc) is 3.01. The third kappa shape index (κ3) is 7.94. The van der Waals surface area contributed by atoms with Gasteiger partial charge >= 0.3 is 18.3 Å². The highest BCUT2D eigenvalue weighted by molar-refractivity contribution is 7.90. The van der Waals surface area contributed by atoms with Gasteiger partial charge in [0.05, 0.1) is 35.8 Å². The summed E-state index contributed by atoms with van der Waals surface area (Å²) in [5, 5.41) is 5.57. The first-order valence-corrected chi connectivity index (χ1v) is 15.3. The maximum Gasteiger partial charge on any atom is 0.419 e. The van der Waals surface area contributed by atoms with E-state index in [1.807, 2.05) is 0 Å². The lowest BCUT2D eigenvalue weighted by atomic mass is 9.93. The standard InChI is InChI=1S/C27H26F3N9O5S/c1-43-25-35-9-16(10-36-25)21-13-33-22(14-32-21)38-26(40)44-18-5-3-17(4-6-18)37-24-34-12-20(27(28,29)30)23(39-24)15-7-19(11-31-8-15)45(2,41)42/h7-14,17-18H,3-6H2,1-2H3,(H,33,38,40)(H,34,37,39). The molecular weight excluding hydrogens is 619 g/mol. The van der Waals surface area contributed by atoms with E-state index in [1.54, 1.807) is 0 Å². The number of aromatic nitrogens is 7. The number of rotatable bonds is 8. The third-order valence-corrected chi connectivity index (χ3v) is 7.86. The molecule has 45 heavy (non-hydrogen) atoms. The summed E-state index contributed by atoms with van der Waals surface area (Å²) in [6.45, 7) is 0. The molecule has 0 atom stereocenters. The fourth-order valence-electron chi connectivity index (χ4n) is 4.52. The van der Waals surface area contributed by atoms with Crippen molar-refractivity contribution in [1.29, 1.82) is 0 Å². The molecule has 1 fully saturated rings. The molecule has 0 spiro atoms. The van der Waals surface area contributed by atoms with E-state index < -0.39 is 39.5 Å². The lowest BCUT2D eigenvalue weighted by Crippen LogP contribution is -2.32. The van der Waals surface area contributed by atoms with Crippen molar-refractivity contribution in [3.05, 3.63) is 55.0 Å². The van der Waals surface area contributed by atoms with Gasteiger partial charge < -0.3 is 14.8 Å². The number of methoxy groups -OCH3 is 1. The molecule has 0 saturated heterocycles. The van der Waals surface area contributed by atoms with Gasteiger partial charge in [0.25, 0.3) is 0 Å². The highest BCUT2D eigenvalue weighted by atomic mass is 32.2. The van der Waals surface area contributed by atoms with Crippen LogP contribution in [0.1, 0.15) is 31.2 Å². The molecule has 0 radical (unpaired) electrons. The van der Waals surface area contributed by atoms with E-state index in [-0.39, 0.29) is 34.3 Å². The summed E-state index contributed by atoms with van der Waals surface area (Å²) in [4.78, 5) is 40.4. The molecule has 0 aromatic carbocycles. The normalized spacial score (nSPS) is 16.9. The molecular formula is C27H26F3N9O5S. The van der Waals surface area contributed by atoms with E-state index in [0.29, 0.717) is 43.1 Å². The minimum atomic E-state index is -4.79. The Balaban J connectivity index is 1.17. The molecule has 5 rings (SSSR count). The van der Waals surface area contributed by atoms with Crippen LogP contribution >= 0.6 is 0 Å². The van der Waals surface area contributed by atoms with Crippen molar-refractivity contribution in [3.8, 4) is 28.5 Å². The van der Waals surface area contributed by atoms with Crippen molar-refractivity contribution in [2.24, 2.45) is 0 Å². The molecule has 2 N–H and O–H groups in total. The number of hydrogen-bond donors (Lipinski definition) is 2. The molecule has 1 aliphatic rings. The van der Waals surface area contributed by atoms with Crippen LogP contribution in [0.4, 0.5) is 29.7 Å². The minimum Gasteiger partial charge on any atom is -0.467 e. The van der Waals surface area contributed by atoms with Gasteiger partial charge in [0.2, 0.25) is 5.95 Å². The van der Waals surface area contributed by atoms with Crippen molar-refractivity contribution < 1.29 is 35.9 Å². The number of carbonyl (C=O) groups excluding carboxylic acids is 1. The highest BCUT2D eigenvalue weighted by Gasteiger charge is 2.36. The zero-order valence-electron chi connectivity index (χ0n) is 23.8. The first kappa shape index (κ1) is 31.4. The monoisotopic (exact) mass is 645 g/mol. The summed E-state index contributed by atoms with van der Waals surface area (Å²) >= 11 is 0. The number of pyridine rings is 1. The molecule has 14 nitrogen and oxygen atoms in total. The first-order chi connectivity index (χ1) is 21.4. The molecule has 0 aliphatic heterocycles. The van der Waals surface area contributed by atoms with Crippen molar-refractivity contribution in [2.45, 2.75) is 48.9 Å². The highest BCUT2D eigenvalue weighted by Crippen LogP contribution is 2.36. The Morgan fingerprint density at radius 2 is 1.64 bits per heavy atom. The zero-order chi connectivity index (χ0) is 32.2. The van der Waals surface area contributed by atoms with Gasteiger partial charge in [0, 0.05) is 54.4 Å². The molecule has 0 unspecified atom stereocenters. The maximum atomic E-state index is 13.8. The predicted molar refractivity (Wildman–Crippen MR) is 153 cm³/mol. The molecule has 18 heteroatoms. The van der Waals surface area contributed by atoms with Gasteiger partial charge in [-0.15, -0.1) is 0 Å². The zero-order valence-corrected chi connectivity index (χ0v) is 24.6. The number of carbonyl (C=O) groups is 1. The molecule has 1 saturated carbocycles. The third-order valence-electron chi connectivity index (χ3n) is 6.78. The van der Waals surface area contributed by atoms with Gasteiger partial charge in [0.15, 0.2) is 15.7 Å². The van der Waals surface area contributed by atoms with Gasteiger partial charge in [-0.05, 0) is 31.7 Å². The summed E-state index contributed by atoms with van der Waals surface area (Å²) in [5.41, 5.74) is -0.643. The molecule has 236 valence electrons. The predicted octanol–water partition coefficient (Wildman–Crippen LogP) is 4.19. The number of sulfone groups is 1. The van der Waals surface area contributed by atoms with Gasteiger partial charge in [-0.3, -0.25) is 15.3 Å². The van der Waals surface area contributed by atoms with E-state index in [1.165, 1.54) is 31.9 Å². The quantitative estimate of drug-likeness (QED) is 0.278. The minimum absolute atomic E-state index is 0.0620. The Bertz CT molecular complexity index is 1770. The number of nitrogens with one attached hydrogen (secondary N) is 2. The Labute approximate surface area is 254 Å². The topological polar surface area (TPSA) is 184 Å². The Kier molecular flexibility index (Phi) is 9.03. The largest absolute Gasteiger partial charge is 0.467 e. The Hall–Kier alpha value is -5.00. The molecule has 4 aromatic heterocycles. The van der Waals surface area contributed by atoms with E-state index >= 15 is 0 Å². The van der Waals surface area contributed by atoms with Crippen LogP contribution < -0.4 is 15.4 Å². The van der Waals surface area contributed by atoms with E-state index in [2.05, 4.69) is 45.5 Å². The number of halogens is 3. The van der Waals surface area contributed by atoms with Crippen molar-refractivity contribution in [3.63, 3.8) is 0 Å². The number of hydrogen-bond acceptors (Lipinski definition) is 13. The van der Waals surface area contributed by atoms with Gasteiger partial charge in [-0.25, -0.2) is 38.1 Å². The smallest absolute Gasteiger partial charge is 0.419 e. The molecule has 4 heterocycles. The molecule has 0 bridgehead atoms. The van der Waals surface area contributed by atoms with Crippen LogP contribution in [0.25, 0.3) is 22.5 Å². The molecule has 1 amide bonds. The van der Waals surface area contributed by atoms with Gasteiger partial charge in [0.1, 0.15) is 11.7 Å². The first-order valence-electron chi connectivity index (χ1n) is 13.4. The summed E-state index contributed by atoms with van der Waals surface area (Å²) in [6, 6.07) is 1.10. The Morgan fingerprint density at radius 1 is 0.911 bits per heavy atom. The fourth-order valence-corrected chi connectivity index (χ4v) is 5.11. The van der Waals surface area contributed by atoms with Crippen molar-refractivity contribution in [1.82, 2.24) is 34.9 Å². The van der Waals surface area contributed by atoms with Crippen LogP contribution in [-0.2, 0) is 20.8 Å². The number of amides is 1. The van der Waals surface area contributed by atoms with Crippen molar-refractivity contribution >= 4 is 27.7 Å². The van der Waals surface area contributed by atoms with E-state index in [4.69, 9.17) is 9.47 Å². The molecule has 4 aromatic rings. The maximum absolute atomic E-state index is 13.8. The lowest BCUT2D eigenvalue weighted by molar-refractivity contribution is -0.137. The number of ether oxygens (including phenoxy) is 2. The van der Waals surface area contributed by atoms with Crippen molar-refractivity contribution in [2.75, 3.05) is 24.0 Å². The Morgan fingerprint density at radius 3 is 2.27 bits per heavy atom. The van der Waals surface area contributed by atoms with Crippen LogP contribution in [0.3, 0.4) is 0 Å². The van der Waals surface area contributed by atoms with E-state index in [9.17, 15) is 26.4 Å². The van der Waals surface area contributed by atoms with Crippen LogP contribution in [0.5, 0.6) is 6.01 Å². The summed E-state index contributed by atoms with van der Waals surface area (Å²) in [7, 11) is -2.26. The number of alkyl halides is 3. The van der Waals surface area contributed by atoms with Gasteiger partial charge in [-0.1, -0.05) is 0 Å². The second-order valence-corrected chi connectivity index (χ2v) is 12.0. The van der Waals surface area contributed by atoms with Crippen LogP contribution in [0.15, 0.2) is 54.3 Å². The fraction of sp³-hybridized carbons (Fsp3) is 0.333. The second kappa shape index (κ2) is 12.9. The summed E-state index contributed by atoms with van der Waals surface area (Å²) < 4.78 is 75.6. The average molecular weight is 646 g/mol. The lowest BCUT2D eigenvalue weighted by Gasteiger charge is -2.29. The molecule has 1 aliphatic carbocycles. The summed E-state index contributed by atoms with van der Waals surface area (Å²) in [6.07, 6.45) is 5.70.